The molecule has 0 aliphatic heterocycles. The number of rotatable bonds is 8. The number of sulfonamides is 1. The molecule has 1 amide bonds. The number of hydrogen-bond donors (Lipinski definition) is 2. The number of thiophene rings is 1. The number of halogens is 2. The molecule has 198 valence electrons. The summed E-state index contributed by atoms with van der Waals surface area (Å²) in [6, 6.07) is 23.2. The SMILES string of the molecule is Cc1ccc(NC(=O)c2cc(-c3cccs3)nc3ccccc23)cc1S(=O)(=O)Nc1ccc(SC(F)F)cc1. The van der Waals surface area contributed by atoms with Gasteiger partial charge >= 0.3 is 0 Å². The molecular weight excluding hydrogens is 561 g/mol. The van der Waals surface area contributed by atoms with E-state index < -0.39 is 21.7 Å². The zero-order valence-electron chi connectivity index (χ0n) is 20.4. The quantitative estimate of drug-likeness (QED) is 0.184. The molecule has 0 aliphatic carbocycles. The van der Waals surface area contributed by atoms with Gasteiger partial charge in [-0.1, -0.05) is 42.1 Å². The fraction of sp³-hybridized carbons (Fsp3) is 0.0714. The number of aryl methyl sites for hydroxylation is 1. The number of pyridine rings is 1. The number of hydrogen-bond acceptors (Lipinski definition) is 6. The Kier molecular flexibility index (Phi) is 7.65. The normalized spacial score (nSPS) is 11.6. The Morgan fingerprint density at radius 3 is 2.41 bits per heavy atom. The first-order chi connectivity index (χ1) is 18.7. The highest BCUT2D eigenvalue weighted by Gasteiger charge is 2.20. The van der Waals surface area contributed by atoms with Crippen LogP contribution in [0.5, 0.6) is 0 Å². The predicted octanol–water partition coefficient (Wildman–Crippen LogP) is 7.64. The number of carbonyl (C=O) groups excluding carboxylic acids is 1. The lowest BCUT2D eigenvalue weighted by Crippen LogP contribution is -2.16. The molecule has 0 radical (unpaired) electrons. The number of alkyl halides is 2. The summed E-state index contributed by atoms with van der Waals surface area (Å²) in [7, 11) is -4.04. The van der Waals surface area contributed by atoms with Crippen molar-refractivity contribution in [1.82, 2.24) is 4.98 Å². The van der Waals surface area contributed by atoms with Crippen LogP contribution in [0.15, 0.2) is 100 Å². The summed E-state index contributed by atoms with van der Waals surface area (Å²) in [4.78, 5) is 19.3. The summed E-state index contributed by atoms with van der Waals surface area (Å²) in [5.74, 6) is -2.97. The highest BCUT2D eigenvalue weighted by Crippen LogP contribution is 2.30. The Bertz CT molecular complexity index is 1760. The molecule has 0 saturated heterocycles. The van der Waals surface area contributed by atoms with Crippen molar-refractivity contribution in [2.75, 3.05) is 10.0 Å². The molecule has 5 rings (SSSR count). The first kappa shape index (κ1) is 26.8. The smallest absolute Gasteiger partial charge is 0.288 e. The lowest BCUT2D eigenvalue weighted by Gasteiger charge is -2.14. The van der Waals surface area contributed by atoms with Gasteiger partial charge in [-0.15, -0.1) is 11.3 Å². The van der Waals surface area contributed by atoms with E-state index in [1.54, 1.807) is 25.1 Å². The molecule has 0 atom stereocenters. The summed E-state index contributed by atoms with van der Waals surface area (Å²) in [5, 5.41) is 5.43. The van der Waals surface area contributed by atoms with Gasteiger partial charge in [-0.3, -0.25) is 9.52 Å². The van der Waals surface area contributed by atoms with Crippen LogP contribution in [-0.4, -0.2) is 25.1 Å². The van der Waals surface area contributed by atoms with E-state index in [4.69, 9.17) is 0 Å². The number of fused-ring (bicyclic) bond motifs is 1. The lowest BCUT2D eigenvalue weighted by atomic mass is 10.1. The third kappa shape index (κ3) is 6.11. The van der Waals surface area contributed by atoms with Gasteiger partial charge in [0.15, 0.2) is 0 Å². The van der Waals surface area contributed by atoms with Crippen LogP contribution in [0.4, 0.5) is 20.2 Å². The second-order valence-electron chi connectivity index (χ2n) is 8.49. The van der Waals surface area contributed by atoms with Crippen molar-refractivity contribution in [3.63, 3.8) is 0 Å². The fourth-order valence-corrected chi connectivity index (χ4v) is 6.51. The molecule has 0 unspecified atom stereocenters. The Balaban J connectivity index is 1.42. The minimum Gasteiger partial charge on any atom is -0.322 e. The van der Waals surface area contributed by atoms with Crippen LogP contribution in [0.25, 0.3) is 21.5 Å². The van der Waals surface area contributed by atoms with Crippen LogP contribution in [0, 0.1) is 6.92 Å². The van der Waals surface area contributed by atoms with E-state index in [1.807, 2.05) is 41.8 Å². The van der Waals surface area contributed by atoms with E-state index in [0.29, 0.717) is 50.1 Å². The summed E-state index contributed by atoms with van der Waals surface area (Å²) >= 11 is 1.89. The minimum absolute atomic E-state index is 0.0230. The van der Waals surface area contributed by atoms with E-state index in [0.717, 1.165) is 4.88 Å². The zero-order valence-corrected chi connectivity index (χ0v) is 22.8. The molecule has 0 spiro atoms. The molecule has 11 heteroatoms. The zero-order chi connectivity index (χ0) is 27.6. The maximum atomic E-state index is 13.4. The molecule has 0 fully saturated rings. The molecule has 0 bridgehead atoms. The van der Waals surface area contributed by atoms with Gasteiger partial charge in [-0.05, 0) is 72.5 Å². The second-order valence-corrected chi connectivity index (χ2v) is 12.2. The summed E-state index contributed by atoms with van der Waals surface area (Å²) in [6.45, 7) is 1.65. The van der Waals surface area contributed by atoms with Crippen molar-refractivity contribution in [3.8, 4) is 10.6 Å². The number of aromatic nitrogens is 1. The molecule has 5 aromatic rings. The maximum absolute atomic E-state index is 13.4. The van der Waals surface area contributed by atoms with Crippen LogP contribution < -0.4 is 10.0 Å². The first-order valence-electron chi connectivity index (χ1n) is 11.6. The van der Waals surface area contributed by atoms with E-state index in [9.17, 15) is 22.0 Å². The van der Waals surface area contributed by atoms with Gasteiger partial charge in [0.25, 0.3) is 21.7 Å². The average molecular weight is 582 g/mol. The van der Waals surface area contributed by atoms with E-state index in [-0.39, 0.29) is 10.6 Å². The highest BCUT2D eigenvalue weighted by atomic mass is 32.2. The molecule has 2 aromatic heterocycles. The standard InChI is InChI=1S/C28H21F2N3O3S3/c1-17-8-9-19(15-26(17)39(35,36)33-18-10-12-20(13-11-18)38-28(29)30)31-27(34)22-16-24(25-7-4-14-37-25)32-23-6-3-2-5-21(22)23/h2-16,28,33H,1H3,(H,31,34). The maximum Gasteiger partial charge on any atom is 0.288 e. The Morgan fingerprint density at radius 2 is 1.69 bits per heavy atom. The molecule has 3 aromatic carbocycles. The molecule has 2 N–H and O–H groups in total. The summed E-state index contributed by atoms with van der Waals surface area (Å²) in [5.41, 5.74) is 2.75. The minimum atomic E-state index is -4.04. The number of amides is 1. The van der Waals surface area contributed by atoms with Crippen molar-refractivity contribution >= 4 is 61.3 Å². The number of carbonyl (C=O) groups is 1. The molecule has 0 saturated carbocycles. The first-order valence-corrected chi connectivity index (χ1v) is 14.9. The van der Waals surface area contributed by atoms with E-state index in [1.165, 1.54) is 41.7 Å². The van der Waals surface area contributed by atoms with Crippen molar-refractivity contribution < 1.29 is 22.0 Å². The van der Waals surface area contributed by atoms with Gasteiger partial charge in [0.2, 0.25) is 0 Å². The van der Waals surface area contributed by atoms with Gasteiger partial charge in [-0.2, -0.15) is 8.78 Å². The molecule has 2 heterocycles. The van der Waals surface area contributed by atoms with E-state index in [2.05, 4.69) is 15.0 Å². The third-order valence-electron chi connectivity index (χ3n) is 5.80. The fourth-order valence-electron chi connectivity index (χ4n) is 3.99. The van der Waals surface area contributed by atoms with Gasteiger partial charge < -0.3 is 5.32 Å². The van der Waals surface area contributed by atoms with Crippen molar-refractivity contribution in [2.45, 2.75) is 22.5 Å². The Morgan fingerprint density at radius 1 is 0.949 bits per heavy atom. The molecule has 0 aliphatic rings. The van der Waals surface area contributed by atoms with Crippen LogP contribution in [0.1, 0.15) is 15.9 Å². The largest absolute Gasteiger partial charge is 0.322 e. The number of para-hydroxylation sites is 1. The molecule has 39 heavy (non-hydrogen) atoms. The van der Waals surface area contributed by atoms with Crippen molar-refractivity contribution in [3.05, 3.63) is 101 Å². The van der Waals surface area contributed by atoms with Gasteiger partial charge in [0, 0.05) is 21.7 Å². The van der Waals surface area contributed by atoms with Crippen LogP contribution >= 0.6 is 23.1 Å². The number of thioether (sulfide) groups is 1. The highest BCUT2D eigenvalue weighted by molar-refractivity contribution is 7.99. The van der Waals surface area contributed by atoms with Gasteiger partial charge in [0.1, 0.15) is 0 Å². The van der Waals surface area contributed by atoms with E-state index >= 15 is 0 Å². The second kappa shape index (κ2) is 11.1. The third-order valence-corrected chi connectivity index (χ3v) is 8.94. The Labute approximate surface area is 232 Å². The Hall–Kier alpha value is -3.80. The topological polar surface area (TPSA) is 88.2 Å². The van der Waals surface area contributed by atoms with Crippen LogP contribution in [0.3, 0.4) is 0 Å². The van der Waals surface area contributed by atoms with Gasteiger partial charge in [0.05, 0.1) is 26.5 Å². The average Bonchev–Trinajstić information content (AvgIpc) is 3.45. The predicted molar refractivity (Wildman–Crippen MR) is 153 cm³/mol. The number of anilines is 2. The number of benzene rings is 3. The van der Waals surface area contributed by atoms with Crippen LogP contribution in [0.2, 0.25) is 0 Å². The van der Waals surface area contributed by atoms with Crippen LogP contribution in [-0.2, 0) is 10.0 Å². The number of nitrogens with zero attached hydrogens (tertiary/aromatic N) is 1. The number of nitrogens with one attached hydrogen (secondary N) is 2. The summed E-state index contributed by atoms with van der Waals surface area (Å²) in [6.07, 6.45) is 0. The lowest BCUT2D eigenvalue weighted by molar-refractivity contribution is 0.102. The molecular formula is C28H21F2N3O3S3. The monoisotopic (exact) mass is 581 g/mol. The van der Waals surface area contributed by atoms with Crippen molar-refractivity contribution in [2.24, 2.45) is 0 Å². The molecule has 6 nitrogen and oxygen atoms in total. The summed E-state index contributed by atoms with van der Waals surface area (Å²) < 4.78 is 54.0. The van der Waals surface area contributed by atoms with Gasteiger partial charge in [-0.25, -0.2) is 13.4 Å². The van der Waals surface area contributed by atoms with Crippen molar-refractivity contribution in [1.29, 1.82) is 0 Å².